The van der Waals surface area contributed by atoms with Gasteiger partial charge in [0.1, 0.15) is 17.4 Å². The predicted octanol–water partition coefficient (Wildman–Crippen LogP) is -0.316. The maximum Gasteiger partial charge on any atom is 0.328 e. The molecular formula is C10H16N4O3. The Kier molecular flexibility index (Phi) is 4.08. The maximum atomic E-state index is 11.8. The molecule has 0 saturated heterocycles. The summed E-state index contributed by atoms with van der Waals surface area (Å²) in [7, 11) is 2.90. The molecule has 94 valence electrons. The number of nitrogens with zero attached hydrogens (tertiary/aromatic N) is 2. The van der Waals surface area contributed by atoms with E-state index in [0.717, 1.165) is 0 Å². The second-order valence-electron chi connectivity index (χ2n) is 3.52. The van der Waals surface area contributed by atoms with E-state index in [1.165, 1.54) is 18.0 Å². The van der Waals surface area contributed by atoms with Gasteiger partial charge in [-0.2, -0.15) is 5.10 Å². The number of nitrogens with one attached hydrogen (secondary N) is 1. The number of nitrogens with two attached hydrogens (primary N) is 1. The van der Waals surface area contributed by atoms with Crippen molar-refractivity contribution in [1.82, 2.24) is 15.1 Å². The molecule has 3 N–H and O–H groups in total. The molecule has 0 aliphatic heterocycles. The van der Waals surface area contributed by atoms with Gasteiger partial charge in [-0.3, -0.25) is 9.48 Å². The fraction of sp³-hybridized carbons (Fsp3) is 0.500. The van der Waals surface area contributed by atoms with E-state index < -0.39 is 17.9 Å². The summed E-state index contributed by atoms with van der Waals surface area (Å²) in [5, 5.41) is 6.39. The largest absolute Gasteiger partial charge is 0.467 e. The third-order valence-corrected chi connectivity index (χ3v) is 2.43. The molecule has 7 heteroatoms. The Morgan fingerprint density at radius 3 is 2.71 bits per heavy atom. The van der Waals surface area contributed by atoms with Gasteiger partial charge in [-0.05, 0) is 6.42 Å². The van der Waals surface area contributed by atoms with Crippen LogP contribution < -0.4 is 11.1 Å². The zero-order chi connectivity index (χ0) is 13.0. The Bertz CT molecular complexity index is 427. The summed E-state index contributed by atoms with van der Waals surface area (Å²) >= 11 is 0. The summed E-state index contributed by atoms with van der Waals surface area (Å²) < 4.78 is 5.95. The second kappa shape index (κ2) is 5.33. The van der Waals surface area contributed by atoms with Crippen LogP contribution in [-0.2, 0) is 16.6 Å². The number of aromatic nitrogens is 2. The molecule has 0 aliphatic rings. The fourth-order valence-electron chi connectivity index (χ4n) is 1.33. The van der Waals surface area contributed by atoms with E-state index in [0.29, 0.717) is 6.42 Å². The zero-order valence-corrected chi connectivity index (χ0v) is 10.1. The second-order valence-corrected chi connectivity index (χ2v) is 3.52. The van der Waals surface area contributed by atoms with Gasteiger partial charge in [0.25, 0.3) is 5.91 Å². The summed E-state index contributed by atoms with van der Waals surface area (Å²) in [5.74, 6) is -0.668. The molecule has 17 heavy (non-hydrogen) atoms. The Balaban J connectivity index is 2.78. The number of hydrogen-bond acceptors (Lipinski definition) is 5. The Hall–Kier alpha value is -2.05. The van der Waals surface area contributed by atoms with E-state index in [1.807, 2.05) is 0 Å². The molecule has 0 aliphatic carbocycles. The quantitative estimate of drug-likeness (QED) is 0.703. The van der Waals surface area contributed by atoms with E-state index in [4.69, 9.17) is 5.73 Å². The number of carbonyl (C=O) groups is 2. The smallest absolute Gasteiger partial charge is 0.328 e. The van der Waals surface area contributed by atoms with Crippen molar-refractivity contribution in [1.29, 1.82) is 0 Å². The molecule has 1 aromatic rings. The number of aryl methyl sites for hydroxylation is 1. The SMILES string of the molecule is CCC(NC(=O)c1cnn(C)c1N)C(=O)OC. The lowest BCUT2D eigenvalue weighted by molar-refractivity contribution is -0.142. The molecule has 1 rings (SSSR count). The number of carbonyl (C=O) groups excluding carboxylic acids is 2. The van der Waals surface area contributed by atoms with Crippen LogP contribution in [0.25, 0.3) is 0 Å². The summed E-state index contributed by atoms with van der Waals surface area (Å²) in [5.41, 5.74) is 5.90. The Morgan fingerprint density at radius 2 is 2.29 bits per heavy atom. The van der Waals surface area contributed by atoms with Gasteiger partial charge in [-0.25, -0.2) is 4.79 Å². The van der Waals surface area contributed by atoms with Crippen LogP contribution in [0.3, 0.4) is 0 Å². The van der Waals surface area contributed by atoms with Crippen LogP contribution in [-0.4, -0.2) is 34.8 Å². The third-order valence-electron chi connectivity index (χ3n) is 2.43. The molecule has 1 unspecified atom stereocenters. The van der Waals surface area contributed by atoms with Gasteiger partial charge in [-0.15, -0.1) is 0 Å². The van der Waals surface area contributed by atoms with Crippen molar-refractivity contribution in [3.05, 3.63) is 11.8 Å². The van der Waals surface area contributed by atoms with E-state index >= 15 is 0 Å². The van der Waals surface area contributed by atoms with Crippen molar-refractivity contribution in [2.24, 2.45) is 7.05 Å². The number of rotatable bonds is 4. The van der Waals surface area contributed by atoms with Crippen molar-refractivity contribution in [3.8, 4) is 0 Å². The number of anilines is 1. The summed E-state index contributed by atoms with van der Waals surface area (Å²) in [6, 6.07) is -0.674. The molecule has 1 amide bonds. The van der Waals surface area contributed by atoms with E-state index in [2.05, 4.69) is 15.2 Å². The fourth-order valence-corrected chi connectivity index (χ4v) is 1.33. The maximum absolute atomic E-state index is 11.8. The minimum Gasteiger partial charge on any atom is -0.467 e. The predicted molar refractivity (Wildman–Crippen MR) is 61.2 cm³/mol. The lowest BCUT2D eigenvalue weighted by Gasteiger charge is -2.13. The van der Waals surface area contributed by atoms with Crippen molar-refractivity contribution < 1.29 is 14.3 Å². The van der Waals surface area contributed by atoms with Gasteiger partial charge in [0.15, 0.2) is 0 Å². The molecule has 0 fully saturated rings. The van der Waals surface area contributed by atoms with Crippen LogP contribution in [0.15, 0.2) is 6.20 Å². The van der Waals surface area contributed by atoms with E-state index in [9.17, 15) is 9.59 Å². The number of ether oxygens (including phenoxy) is 1. The van der Waals surface area contributed by atoms with Crippen LogP contribution in [0, 0.1) is 0 Å². The zero-order valence-electron chi connectivity index (χ0n) is 10.1. The van der Waals surface area contributed by atoms with Crippen molar-refractivity contribution in [2.45, 2.75) is 19.4 Å². The van der Waals surface area contributed by atoms with E-state index in [1.54, 1.807) is 14.0 Å². The molecule has 1 aromatic heterocycles. The first-order valence-electron chi connectivity index (χ1n) is 5.17. The highest BCUT2D eigenvalue weighted by Crippen LogP contribution is 2.09. The van der Waals surface area contributed by atoms with Gasteiger partial charge in [0.2, 0.25) is 0 Å². The molecule has 0 radical (unpaired) electrons. The van der Waals surface area contributed by atoms with Crippen molar-refractivity contribution in [2.75, 3.05) is 12.8 Å². The first-order chi connectivity index (χ1) is 8.01. The van der Waals surface area contributed by atoms with Gasteiger partial charge in [0, 0.05) is 7.05 Å². The highest BCUT2D eigenvalue weighted by molar-refractivity contribution is 6.00. The van der Waals surface area contributed by atoms with Crippen LogP contribution in [0.5, 0.6) is 0 Å². The van der Waals surface area contributed by atoms with Gasteiger partial charge in [0.05, 0.1) is 13.3 Å². The van der Waals surface area contributed by atoms with Crippen LogP contribution in [0.1, 0.15) is 23.7 Å². The van der Waals surface area contributed by atoms with Crippen LogP contribution in [0.2, 0.25) is 0 Å². The average molecular weight is 240 g/mol. The standard InChI is InChI=1S/C10H16N4O3/c1-4-7(10(16)17-3)13-9(15)6-5-12-14(2)8(6)11/h5,7H,4,11H2,1-3H3,(H,13,15). The highest BCUT2D eigenvalue weighted by atomic mass is 16.5. The molecule has 0 spiro atoms. The minimum absolute atomic E-state index is 0.245. The molecule has 7 nitrogen and oxygen atoms in total. The van der Waals surface area contributed by atoms with Crippen molar-refractivity contribution >= 4 is 17.7 Å². The van der Waals surface area contributed by atoms with Gasteiger partial charge < -0.3 is 15.8 Å². The first-order valence-corrected chi connectivity index (χ1v) is 5.17. The van der Waals surface area contributed by atoms with E-state index in [-0.39, 0.29) is 11.4 Å². The molecule has 0 aromatic carbocycles. The topological polar surface area (TPSA) is 99.2 Å². The number of hydrogen-bond donors (Lipinski definition) is 2. The van der Waals surface area contributed by atoms with Gasteiger partial charge in [-0.1, -0.05) is 6.92 Å². The third kappa shape index (κ3) is 2.74. The summed E-state index contributed by atoms with van der Waals surface area (Å²) in [6.07, 6.45) is 1.80. The summed E-state index contributed by atoms with van der Waals surface area (Å²) in [6.45, 7) is 1.77. The number of nitrogen functional groups attached to an aromatic ring is 1. The monoisotopic (exact) mass is 240 g/mol. The Morgan fingerprint density at radius 1 is 1.65 bits per heavy atom. The number of methoxy groups -OCH3 is 1. The lowest BCUT2D eigenvalue weighted by Crippen LogP contribution is -2.41. The number of amides is 1. The molecule has 0 bridgehead atoms. The average Bonchev–Trinajstić information content (AvgIpc) is 2.66. The molecule has 1 heterocycles. The normalized spacial score (nSPS) is 11.9. The van der Waals surface area contributed by atoms with Crippen LogP contribution >= 0.6 is 0 Å². The molecule has 0 saturated carbocycles. The highest BCUT2D eigenvalue weighted by Gasteiger charge is 2.22. The van der Waals surface area contributed by atoms with Crippen molar-refractivity contribution in [3.63, 3.8) is 0 Å². The van der Waals surface area contributed by atoms with Gasteiger partial charge >= 0.3 is 5.97 Å². The summed E-state index contributed by atoms with van der Waals surface area (Å²) in [4.78, 5) is 23.1. The Labute approximate surface area is 98.9 Å². The van der Waals surface area contributed by atoms with Crippen LogP contribution in [0.4, 0.5) is 5.82 Å². The first kappa shape index (κ1) is 13.0. The molecule has 1 atom stereocenters. The number of esters is 1. The minimum atomic E-state index is -0.674. The molecular weight excluding hydrogens is 224 g/mol. The lowest BCUT2D eigenvalue weighted by atomic mass is 10.2.